The molecule has 0 aliphatic carbocycles. The van der Waals surface area contributed by atoms with Crippen LogP contribution in [0.5, 0.6) is 0 Å². The predicted octanol–water partition coefficient (Wildman–Crippen LogP) is 6.10. The van der Waals surface area contributed by atoms with Crippen molar-refractivity contribution in [3.8, 4) is 0 Å². The Balaban J connectivity index is 1.85. The van der Waals surface area contributed by atoms with Gasteiger partial charge in [0.15, 0.2) is 0 Å². The third-order valence-corrected chi connectivity index (χ3v) is 5.35. The molecule has 0 aliphatic heterocycles. The second-order valence-electron chi connectivity index (χ2n) is 7.69. The van der Waals surface area contributed by atoms with Crippen LogP contribution in [0.25, 0.3) is 10.9 Å². The van der Waals surface area contributed by atoms with E-state index in [0.717, 1.165) is 33.3 Å². The number of para-hydroxylation sites is 1. The van der Waals surface area contributed by atoms with Gasteiger partial charge in [-0.1, -0.05) is 85.4 Å². The SMILES string of the molecule is C=C(C)C(=O)N(OCc1ccccc1)[C@H](c1ccccc1)c1c(C)[nH]c2ccccc12. The summed E-state index contributed by atoms with van der Waals surface area (Å²) in [6, 6.07) is 27.5. The Morgan fingerprint density at radius 3 is 2.26 bits per heavy atom. The molecule has 4 aromatic rings. The monoisotopic (exact) mass is 410 g/mol. The van der Waals surface area contributed by atoms with Crippen molar-refractivity contribution >= 4 is 16.8 Å². The molecule has 4 nitrogen and oxygen atoms in total. The normalized spacial score (nSPS) is 11.9. The zero-order chi connectivity index (χ0) is 21.8. The summed E-state index contributed by atoms with van der Waals surface area (Å²) in [5.74, 6) is -0.241. The Labute approximate surface area is 182 Å². The highest BCUT2D eigenvalue weighted by Crippen LogP contribution is 2.37. The number of aryl methyl sites for hydroxylation is 1. The van der Waals surface area contributed by atoms with E-state index in [-0.39, 0.29) is 12.5 Å². The van der Waals surface area contributed by atoms with Gasteiger partial charge >= 0.3 is 0 Å². The van der Waals surface area contributed by atoms with Gasteiger partial charge in [0.2, 0.25) is 0 Å². The summed E-state index contributed by atoms with van der Waals surface area (Å²) in [6.45, 7) is 7.92. The average molecular weight is 411 g/mol. The first-order valence-corrected chi connectivity index (χ1v) is 10.3. The summed E-state index contributed by atoms with van der Waals surface area (Å²) in [7, 11) is 0. The first-order valence-electron chi connectivity index (χ1n) is 10.3. The van der Waals surface area contributed by atoms with E-state index < -0.39 is 6.04 Å². The summed E-state index contributed by atoms with van der Waals surface area (Å²) in [5, 5.41) is 2.55. The second kappa shape index (κ2) is 9.02. The van der Waals surface area contributed by atoms with Gasteiger partial charge < -0.3 is 4.98 Å². The van der Waals surface area contributed by atoms with Crippen LogP contribution in [0.2, 0.25) is 0 Å². The van der Waals surface area contributed by atoms with E-state index in [1.165, 1.54) is 5.06 Å². The van der Waals surface area contributed by atoms with Gasteiger partial charge in [0.25, 0.3) is 5.91 Å². The molecule has 1 N–H and O–H groups in total. The van der Waals surface area contributed by atoms with Crippen molar-refractivity contribution in [3.63, 3.8) is 0 Å². The standard InChI is InChI=1S/C27H26N2O2/c1-19(2)27(30)29(31-18-21-12-6-4-7-13-21)26(22-14-8-5-9-15-22)25-20(3)28-24-17-11-10-16-23(24)25/h4-17,26,28H,1,18H2,2-3H3/t26-/m1/s1. The Kier molecular flexibility index (Phi) is 6.01. The second-order valence-corrected chi connectivity index (χ2v) is 7.69. The number of benzene rings is 3. The molecule has 4 rings (SSSR count). The molecule has 0 bridgehead atoms. The summed E-state index contributed by atoms with van der Waals surface area (Å²) in [5.41, 5.74) is 5.43. The highest BCUT2D eigenvalue weighted by atomic mass is 16.7. The van der Waals surface area contributed by atoms with Gasteiger partial charge in [-0.2, -0.15) is 0 Å². The average Bonchev–Trinajstić information content (AvgIpc) is 3.13. The molecule has 4 heteroatoms. The highest BCUT2D eigenvalue weighted by Gasteiger charge is 2.32. The summed E-state index contributed by atoms with van der Waals surface area (Å²) in [4.78, 5) is 23.0. The molecule has 1 amide bonds. The third kappa shape index (κ3) is 4.30. The molecule has 31 heavy (non-hydrogen) atoms. The first-order chi connectivity index (χ1) is 15.1. The Morgan fingerprint density at radius 2 is 1.58 bits per heavy atom. The van der Waals surface area contributed by atoms with Crippen LogP contribution in [0.4, 0.5) is 0 Å². The predicted molar refractivity (Wildman–Crippen MR) is 124 cm³/mol. The minimum Gasteiger partial charge on any atom is -0.358 e. The maximum absolute atomic E-state index is 13.3. The van der Waals surface area contributed by atoms with Crippen LogP contribution >= 0.6 is 0 Å². The van der Waals surface area contributed by atoms with Gasteiger partial charge in [0.1, 0.15) is 12.6 Å². The Bertz CT molecular complexity index is 1200. The topological polar surface area (TPSA) is 45.3 Å². The Morgan fingerprint density at radius 1 is 0.968 bits per heavy atom. The van der Waals surface area contributed by atoms with E-state index in [1.54, 1.807) is 6.92 Å². The van der Waals surface area contributed by atoms with E-state index >= 15 is 0 Å². The van der Waals surface area contributed by atoms with Gasteiger partial charge in [-0.05, 0) is 31.0 Å². The van der Waals surface area contributed by atoms with Crippen molar-refractivity contribution < 1.29 is 9.63 Å². The fraction of sp³-hybridized carbons (Fsp3) is 0.148. The number of nitrogens with zero attached hydrogens (tertiary/aromatic N) is 1. The van der Waals surface area contributed by atoms with E-state index in [4.69, 9.17) is 4.84 Å². The molecule has 0 spiro atoms. The van der Waals surface area contributed by atoms with Crippen molar-refractivity contribution in [2.24, 2.45) is 0 Å². The minimum atomic E-state index is -0.426. The van der Waals surface area contributed by atoms with Crippen molar-refractivity contribution in [1.29, 1.82) is 0 Å². The number of carbonyl (C=O) groups is 1. The number of hydrogen-bond donors (Lipinski definition) is 1. The van der Waals surface area contributed by atoms with E-state index in [1.807, 2.05) is 85.8 Å². The number of hydrogen-bond acceptors (Lipinski definition) is 2. The molecule has 1 heterocycles. The zero-order valence-electron chi connectivity index (χ0n) is 17.8. The highest BCUT2D eigenvalue weighted by molar-refractivity contribution is 5.93. The number of aromatic amines is 1. The van der Waals surface area contributed by atoms with Gasteiger partial charge in [0, 0.05) is 27.7 Å². The van der Waals surface area contributed by atoms with Crippen LogP contribution in [-0.2, 0) is 16.2 Å². The lowest BCUT2D eigenvalue weighted by Crippen LogP contribution is -2.36. The van der Waals surface area contributed by atoms with E-state index in [0.29, 0.717) is 5.57 Å². The lowest BCUT2D eigenvalue weighted by Gasteiger charge is -2.32. The van der Waals surface area contributed by atoms with Crippen LogP contribution in [0.3, 0.4) is 0 Å². The smallest absolute Gasteiger partial charge is 0.273 e. The molecule has 3 aromatic carbocycles. The molecule has 1 aromatic heterocycles. The van der Waals surface area contributed by atoms with Crippen LogP contribution in [-0.4, -0.2) is 16.0 Å². The van der Waals surface area contributed by atoms with E-state index in [2.05, 4.69) is 17.6 Å². The number of nitrogens with one attached hydrogen (secondary N) is 1. The van der Waals surface area contributed by atoms with Crippen molar-refractivity contribution in [2.45, 2.75) is 26.5 Å². The van der Waals surface area contributed by atoms with Crippen LogP contribution in [0, 0.1) is 6.92 Å². The van der Waals surface area contributed by atoms with Crippen molar-refractivity contribution in [3.05, 3.63) is 119 Å². The van der Waals surface area contributed by atoms with Gasteiger partial charge in [-0.3, -0.25) is 9.63 Å². The maximum Gasteiger partial charge on any atom is 0.273 e. The van der Waals surface area contributed by atoms with Gasteiger partial charge in [0.05, 0.1) is 0 Å². The minimum absolute atomic E-state index is 0.241. The molecule has 0 fully saturated rings. The molecular formula is C27H26N2O2. The fourth-order valence-electron chi connectivity index (χ4n) is 3.86. The number of carbonyl (C=O) groups excluding carboxylic acids is 1. The molecule has 0 aliphatic rings. The molecule has 0 saturated carbocycles. The molecule has 0 saturated heterocycles. The van der Waals surface area contributed by atoms with Crippen molar-refractivity contribution in [1.82, 2.24) is 10.0 Å². The van der Waals surface area contributed by atoms with E-state index in [9.17, 15) is 4.79 Å². The van der Waals surface area contributed by atoms with Gasteiger partial charge in [-0.15, -0.1) is 0 Å². The maximum atomic E-state index is 13.3. The van der Waals surface area contributed by atoms with Gasteiger partial charge in [-0.25, -0.2) is 5.06 Å². The molecular weight excluding hydrogens is 384 g/mol. The number of rotatable bonds is 7. The molecule has 1 atom stereocenters. The lowest BCUT2D eigenvalue weighted by molar-refractivity contribution is -0.198. The number of H-pyrrole nitrogens is 1. The number of fused-ring (bicyclic) bond motifs is 1. The number of amides is 1. The number of aromatic nitrogens is 1. The van der Waals surface area contributed by atoms with Crippen LogP contribution in [0.1, 0.15) is 35.3 Å². The largest absolute Gasteiger partial charge is 0.358 e. The molecule has 0 unspecified atom stereocenters. The summed E-state index contributed by atoms with van der Waals surface area (Å²) in [6.07, 6.45) is 0. The zero-order valence-corrected chi connectivity index (χ0v) is 17.8. The van der Waals surface area contributed by atoms with Crippen LogP contribution < -0.4 is 0 Å². The van der Waals surface area contributed by atoms with Crippen LogP contribution in [0.15, 0.2) is 97.1 Å². The summed E-state index contributed by atoms with van der Waals surface area (Å²) >= 11 is 0. The third-order valence-electron chi connectivity index (χ3n) is 5.35. The quantitative estimate of drug-likeness (QED) is 0.295. The molecule has 0 radical (unpaired) electrons. The summed E-state index contributed by atoms with van der Waals surface area (Å²) < 4.78 is 0. The lowest BCUT2D eigenvalue weighted by atomic mass is 9.95. The Hall–Kier alpha value is -3.63. The first kappa shape index (κ1) is 20.6. The number of hydroxylamine groups is 2. The molecule has 156 valence electrons. The van der Waals surface area contributed by atoms with Crippen molar-refractivity contribution in [2.75, 3.05) is 0 Å². The fourth-order valence-corrected chi connectivity index (χ4v) is 3.86.